The highest BCUT2D eigenvalue weighted by molar-refractivity contribution is 6.06. The highest BCUT2D eigenvalue weighted by atomic mass is 35.5. The zero-order valence-corrected chi connectivity index (χ0v) is 20.1. The molecule has 0 radical (unpaired) electrons. The van der Waals surface area contributed by atoms with E-state index in [1.807, 2.05) is 37.4 Å². The Bertz CT molecular complexity index is 1490. The molecule has 3 aromatic rings. The molecule has 1 aromatic heterocycles. The second-order valence-electron chi connectivity index (χ2n) is 8.40. The molecule has 5 N–H and O–H groups in total. The molecular weight excluding hydrogens is 466 g/mol. The number of hydrogen-bond donors (Lipinski definition) is 4. The summed E-state index contributed by atoms with van der Waals surface area (Å²) in [5, 5.41) is 7.57. The molecule has 0 unspecified atom stereocenters. The van der Waals surface area contributed by atoms with Gasteiger partial charge in [0.1, 0.15) is 5.82 Å². The lowest BCUT2D eigenvalue weighted by Crippen LogP contribution is -2.44. The number of carbonyl (C=O) groups is 2. The van der Waals surface area contributed by atoms with Crippen LogP contribution in [0, 0.1) is 6.92 Å². The molecule has 0 fully saturated rings. The number of carbonyl (C=O) groups excluding carboxylic acids is 2. The van der Waals surface area contributed by atoms with Crippen molar-refractivity contribution in [1.82, 2.24) is 24.8 Å². The predicted octanol–water partition coefficient (Wildman–Crippen LogP) is 2.91. The van der Waals surface area contributed by atoms with Gasteiger partial charge in [0.15, 0.2) is 0 Å². The van der Waals surface area contributed by atoms with Gasteiger partial charge in [-0.05, 0) is 36.8 Å². The predicted molar refractivity (Wildman–Crippen MR) is 139 cm³/mol. The van der Waals surface area contributed by atoms with Gasteiger partial charge in [-0.1, -0.05) is 18.2 Å². The summed E-state index contributed by atoms with van der Waals surface area (Å²) in [7, 11) is 2.01. The van der Waals surface area contributed by atoms with Gasteiger partial charge in [0.05, 0.1) is 24.4 Å². The average molecular weight is 492 g/mol. The molecule has 3 heterocycles. The first-order valence-electron chi connectivity index (χ1n) is 11.0. The number of halogens is 1. The minimum Gasteiger partial charge on any atom is -0.348 e. The average Bonchev–Trinajstić information content (AvgIpc) is 3.48. The van der Waals surface area contributed by atoms with Crippen LogP contribution in [0.2, 0.25) is 0 Å². The summed E-state index contributed by atoms with van der Waals surface area (Å²) in [4.78, 5) is 36.4. The van der Waals surface area contributed by atoms with Gasteiger partial charge >= 0.3 is 0 Å². The minimum atomic E-state index is -0.773. The SMILES string of the molecule is Cc1c2c3cc(NC(=O)CNC(=O)[C@@H](N)Cc4cnc[nH]4)ccc3nc-2n(C)c2ccccc12.Cl. The highest BCUT2D eigenvalue weighted by Crippen LogP contribution is 2.38. The Balaban J connectivity index is 0.00000289. The maximum atomic E-state index is 12.5. The molecule has 2 aromatic carbocycles. The van der Waals surface area contributed by atoms with Gasteiger partial charge in [-0.15, -0.1) is 12.4 Å². The number of aryl methyl sites for hydroxylation is 2. The highest BCUT2D eigenvalue weighted by Gasteiger charge is 2.21. The van der Waals surface area contributed by atoms with E-state index in [4.69, 9.17) is 10.7 Å². The number of anilines is 1. The summed E-state index contributed by atoms with van der Waals surface area (Å²) in [6, 6.07) is 13.1. The Kier molecular flexibility index (Phi) is 6.72. The molecule has 10 heteroatoms. The number of hydrogen-bond acceptors (Lipinski definition) is 5. The van der Waals surface area contributed by atoms with Crippen molar-refractivity contribution in [3.63, 3.8) is 0 Å². The van der Waals surface area contributed by atoms with Crippen LogP contribution in [0.5, 0.6) is 0 Å². The smallest absolute Gasteiger partial charge is 0.243 e. The van der Waals surface area contributed by atoms with Crippen LogP contribution < -0.4 is 16.4 Å². The zero-order chi connectivity index (χ0) is 23.8. The van der Waals surface area contributed by atoms with Gasteiger partial charge in [0.2, 0.25) is 11.8 Å². The Hall–Kier alpha value is -3.95. The normalized spacial score (nSPS) is 12.0. The topological polar surface area (TPSA) is 131 Å². The Morgan fingerprint density at radius 3 is 2.74 bits per heavy atom. The van der Waals surface area contributed by atoms with Gasteiger partial charge < -0.3 is 25.9 Å². The fraction of sp³-hybridized carbons (Fsp3) is 0.200. The van der Waals surface area contributed by atoms with Crippen molar-refractivity contribution in [1.29, 1.82) is 0 Å². The Morgan fingerprint density at radius 1 is 1.17 bits per heavy atom. The Morgan fingerprint density at radius 2 is 1.97 bits per heavy atom. The number of fused-ring (bicyclic) bond motifs is 4. The number of pyridine rings is 1. The number of nitrogens with zero attached hydrogens (tertiary/aromatic N) is 3. The third-order valence-electron chi connectivity index (χ3n) is 6.12. The molecule has 0 saturated carbocycles. The van der Waals surface area contributed by atoms with E-state index >= 15 is 0 Å². The van der Waals surface area contributed by atoms with E-state index in [1.54, 1.807) is 6.20 Å². The van der Waals surface area contributed by atoms with E-state index in [2.05, 4.69) is 44.2 Å². The van der Waals surface area contributed by atoms with Gasteiger partial charge in [-0.3, -0.25) is 9.59 Å². The van der Waals surface area contributed by atoms with Crippen LogP contribution in [0.1, 0.15) is 11.3 Å². The number of nitrogens with one attached hydrogen (secondary N) is 3. The molecule has 2 aliphatic rings. The van der Waals surface area contributed by atoms with E-state index in [1.165, 1.54) is 6.33 Å². The first-order valence-corrected chi connectivity index (χ1v) is 11.0. The van der Waals surface area contributed by atoms with Crippen molar-refractivity contribution in [3.05, 3.63) is 66.2 Å². The number of imidazole rings is 1. The third kappa shape index (κ3) is 4.55. The quantitative estimate of drug-likeness (QED) is 0.290. The zero-order valence-electron chi connectivity index (χ0n) is 19.3. The lowest BCUT2D eigenvalue weighted by Gasteiger charge is -2.15. The van der Waals surface area contributed by atoms with Crippen LogP contribution in [0.3, 0.4) is 0 Å². The van der Waals surface area contributed by atoms with E-state index in [0.29, 0.717) is 12.1 Å². The second-order valence-corrected chi connectivity index (χ2v) is 8.40. The lowest BCUT2D eigenvalue weighted by atomic mass is 10.00. The maximum absolute atomic E-state index is 12.5. The molecule has 35 heavy (non-hydrogen) atoms. The van der Waals surface area contributed by atoms with Gasteiger partial charge in [0.25, 0.3) is 0 Å². The minimum absolute atomic E-state index is 0. The number of nitrogens with two attached hydrogens (primary N) is 1. The first kappa shape index (κ1) is 24.2. The number of rotatable bonds is 6. The van der Waals surface area contributed by atoms with Crippen molar-refractivity contribution in [2.24, 2.45) is 12.8 Å². The fourth-order valence-electron chi connectivity index (χ4n) is 4.38. The number of amides is 2. The first-order chi connectivity index (χ1) is 16.4. The summed E-state index contributed by atoms with van der Waals surface area (Å²) in [6.45, 7) is 1.92. The molecular formula is C25H26ClN7O2. The monoisotopic (exact) mass is 491 g/mol. The van der Waals surface area contributed by atoms with Crippen LogP contribution in [0.25, 0.3) is 33.2 Å². The van der Waals surface area contributed by atoms with Gasteiger partial charge in [-0.25, -0.2) is 9.97 Å². The standard InChI is InChI=1S/C25H25N7O2.ClH/c1-14-17-5-3-4-6-21(17)32(2)24-23(14)18-9-15(7-8-20(18)31-24)30-22(33)12-28-25(34)19(26)10-16-11-27-13-29-16;/h3-9,11,13,19H,10,12,26H2,1-2H3,(H,27,29)(H,28,34)(H,30,33);1H/t19-;/m0./s1. The maximum Gasteiger partial charge on any atom is 0.243 e. The molecule has 0 aliphatic carbocycles. The van der Waals surface area contributed by atoms with Gasteiger partial charge in [0, 0.05) is 52.9 Å². The van der Waals surface area contributed by atoms with Crippen LogP contribution in [0.4, 0.5) is 5.69 Å². The molecule has 9 nitrogen and oxygen atoms in total. The number of benzene rings is 2. The largest absolute Gasteiger partial charge is 0.348 e. The summed E-state index contributed by atoms with van der Waals surface area (Å²) >= 11 is 0. The van der Waals surface area contributed by atoms with E-state index in [0.717, 1.165) is 44.5 Å². The Labute approximate surface area is 207 Å². The summed E-state index contributed by atoms with van der Waals surface area (Å²) < 4.78 is 2.10. The molecule has 5 rings (SSSR count). The molecule has 180 valence electrons. The van der Waals surface area contributed by atoms with Crippen molar-refractivity contribution in [2.45, 2.75) is 19.4 Å². The van der Waals surface area contributed by atoms with Crippen LogP contribution in [-0.2, 0) is 23.1 Å². The summed E-state index contributed by atoms with van der Waals surface area (Å²) in [6.07, 6.45) is 3.45. The number of para-hydroxylation sites is 1. The van der Waals surface area contributed by atoms with Gasteiger partial charge in [-0.2, -0.15) is 0 Å². The molecule has 0 spiro atoms. The van der Waals surface area contributed by atoms with Crippen LogP contribution in [-0.4, -0.2) is 43.9 Å². The summed E-state index contributed by atoms with van der Waals surface area (Å²) in [5.74, 6) is 0.160. The summed E-state index contributed by atoms with van der Waals surface area (Å²) in [5.41, 5.74) is 11.5. The molecule has 0 bridgehead atoms. The van der Waals surface area contributed by atoms with Crippen molar-refractivity contribution < 1.29 is 9.59 Å². The van der Waals surface area contributed by atoms with E-state index in [-0.39, 0.29) is 24.9 Å². The van der Waals surface area contributed by atoms with E-state index in [9.17, 15) is 9.59 Å². The van der Waals surface area contributed by atoms with Crippen molar-refractivity contribution in [2.75, 3.05) is 11.9 Å². The van der Waals surface area contributed by atoms with Crippen molar-refractivity contribution in [3.8, 4) is 11.4 Å². The molecule has 2 aliphatic heterocycles. The number of aromatic nitrogens is 4. The molecule has 0 saturated heterocycles. The third-order valence-corrected chi connectivity index (χ3v) is 6.12. The van der Waals surface area contributed by atoms with Crippen LogP contribution in [0.15, 0.2) is 55.0 Å². The molecule has 2 amide bonds. The fourth-order valence-corrected chi connectivity index (χ4v) is 4.38. The second kappa shape index (κ2) is 9.73. The van der Waals surface area contributed by atoms with Crippen molar-refractivity contribution >= 4 is 51.7 Å². The molecule has 1 atom stereocenters. The number of H-pyrrole nitrogens is 1. The van der Waals surface area contributed by atoms with E-state index < -0.39 is 11.9 Å². The number of aromatic amines is 1. The lowest BCUT2D eigenvalue weighted by molar-refractivity contribution is -0.125. The van der Waals surface area contributed by atoms with Crippen LogP contribution >= 0.6 is 12.4 Å².